The van der Waals surface area contributed by atoms with E-state index in [-0.39, 0.29) is 6.04 Å². The average Bonchev–Trinajstić information content (AvgIpc) is 2.55. The molecule has 1 aromatic rings. The number of rotatable bonds is 3. The van der Waals surface area contributed by atoms with Gasteiger partial charge in [0.05, 0.1) is 7.11 Å². The fraction of sp³-hybridized carbons (Fsp3) is 0.364. The van der Waals surface area contributed by atoms with Crippen LogP contribution in [-0.4, -0.2) is 19.1 Å². The highest BCUT2D eigenvalue weighted by Crippen LogP contribution is 2.16. The minimum atomic E-state index is -0.392. The van der Waals surface area contributed by atoms with E-state index in [4.69, 9.17) is 10.2 Å². The van der Waals surface area contributed by atoms with Crippen molar-refractivity contribution in [1.29, 1.82) is 0 Å². The summed E-state index contributed by atoms with van der Waals surface area (Å²) in [5.41, 5.74) is 6.00. The second-order valence-corrected chi connectivity index (χ2v) is 3.33. The normalized spacial score (nSPS) is 13.1. The van der Waals surface area contributed by atoms with Crippen LogP contribution in [-0.2, 0) is 4.74 Å². The Morgan fingerprint density at radius 1 is 1.67 bits per heavy atom. The first-order valence-corrected chi connectivity index (χ1v) is 4.67. The number of hydrogen-bond acceptors (Lipinski definition) is 4. The lowest BCUT2D eigenvalue weighted by atomic mass is 10.2. The number of methoxy groups -OCH3 is 1. The molecular weight excluding hydrogens is 194 g/mol. The summed E-state index contributed by atoms with van der Waals surface area (Å²) in [6, 6.07) is 1.59. The lowest BCUT2D eigenvalue weighted by Gasteiger charge is -1.93. The average molecular weight is 209 g/mol. The van der Waals surface area contributed by atoms with Gasteiger partial charge in [0.1, 0.15) is 17.1 Å². The first kappa shape index (κ1) is 11.5. The summed E-state index contributed by atoms with van der Waals surface area (Å²) in [6.07, 6.45) is 3.53. The summed E-state index contributed by atoms with van der Waals surface area (Å²) in [5, 5.41) is 0. The lowest BCUT2D eigenvalue weighted by Crippen LogP contribution is -2.09. The predicted octanol–water partition coefficient (Wildman–Crippen LogP) is 1.74. The molecule has 0 amide bonds. The molecule has 1 atom stereocenters. The Hall–Kier alpha value is -1.55. The fourth-order valence-electron chi connectivity index (χ4n) is 1.15. The van der Waals surface area contributed by atoms with Crippen LogP contribution in [0, 0.1) is 6.92 Å². The van der Waals surface area contributed by atoms with E-state index in [1.165, 1.54) is 7.11 Å². The molecule has 0 radical (unpaired) electrons. The van der Waals surface area contributed by atoms with Gasteiger partial charge in [-0.3, -0.25) is 0 Å². The van der Waals surface area contributed by atoms with Crippen LogP contribution < -0.4 is 5.73 Å². The zero-order chi connectivity index (χ0) is 11.4. The summed E-state index contributed by atoms with van der Waals surface area (Å²) in [4.78, 5) is 11.3. The molecule has 1 unspecified atom stereocenters. The van der Waals surface area contributed by atoms with Crippen molar-refractivity contribution in [3.05, 3.63) is 29.2 Å². The second-order valence-electron chi connectivity index (χ2n) is 3.33. The van der Waals surface area contributed by atoms with Crippen LogP contribution >= 0.6 is 0 Å². The van der Waals surface area contributed by atoms with Gasteiger partial charge in [0, 0.05) is 6.04 Å². The molecule has 2 N–H and O–H groups in total. The molecule has 0 aliphatic heterocycles. The van der Waals surface area contributed by atoms with Crippen molar-refractivity contribution in [3.8, 4) is 0 Å². The third-order valence-electron chi connectivity index (χ3n) is 1.91. The number of ether oxygens (including phenoxy) is 1. The number of nitrogens with two attached hydrogens (primary N) is 1. The quantitative estimate of drug-likeness (QED) is 0.770. The highest BCUT2D eigenvalue weighted by atomic mass is 16.5. The monoisotopic (exact) mass is 209 g/mol. The molecular formula is C11H15NO3. The number of furan rings is 1. The molecule has 4 heteroatoms. The Bertz CT molecular complexity index is 377. The van der Waals surface area contributed by atoms with E-state index in [1.807, 2.05) is 6.92 Å². The van der Waals surface area contributed by atoms with Crippen LogP contribution in [0.25, 0.3) is 6.08 Å². The summed E-state index contributed by atoms with van der Waals surface area (Å²) in [7, 11) is 1.34. The van der Waals surface area contributed by atoms with Crippen molar-refractivity contribution >= 4 is 12.0 Å². The molecule has 0 spiro atoms. The van der Waals surface area contributed by atoms with Crippen molar-refractivity contribution in [2.75, 3.05) is 7.11 Å². The standard InChI is InChI=1S/C11H15NO3/c1-7(12)4-5-9-6-10(8(2)15-9)11(13)14-3/h4-7H,12H2,1-3H3/b5-4+. The SMILES string of the molecule is COC(=O)c1cc(/C=C/C(C)N)oc1C. The van der Waals surface area contributed by atoms with E-state index in [9.17, 15) is 4.79 Å². The van der Waals surface area contributed by atoms with Crippen molar-refractivity contribution < 1.29 is 13.9 Å². The molecule has 1 aromatic heterocycles. The van der Waals surface area contributed by atoms with E-state index in [2.05, 4.69) is 4.74 Å². The van der Waals surface area contributed by atoms with E-state index in [0.29, 0.717) is 17.1 Å². The van der Waals surface area contributed by atoms with Crippen molar-refractivity contribution in [2.24, 2.45) is 5.73 Å². The van der Waals surface area contributed by atoms with Crippen molar-refractivity contribution in [1.82, 2.24) is 0 Å². The smallest absolute Gasteiger partial charge is 0.341 e. The second kappa shape index (κ2) is 4.79. The Labute approximate surface area is 88.7 Å². The van der Waals surface area contributed by atoms with E-state index >= 15 is 0 Å². The highest BCUT2D eigenvalue weighted by Gasteiger charge is 2.13. The first-order chi connectivity index (χ1) is 7.04. The van der Waals surface area contributed by atoms with Gasteiger partial charge in [-0.15, -0.1) is 0 Å². The predicted molar refractivity (Wildman–Crippen MR) is 57.5 cm³/mol. The molecule has 0 aliphatic carbocycles. The number of carbonyl (C=O) groups excluding carboxylic acids is 1. The molecule has 0 aliphatic rings. The number of aryl methyl sites for hydroxylation is 1. The van der Waals surface area contributed by atoms with Gasteiger partial charge in [0.25, 0.3) is 0 Å². The summed E-state index contributed by atoms with van der Waals surface area (Å²) >= 11 is 0. The van der Waals surface area contributed by atoms with Crippen LogP contribution in [0.4, 0.5) is 0 Å². The van der Waals surface area contributed by atoms with E-state index in [0.717, 1.165) is 0 Å². The van der Waals surface area contributed by atoms with Crippen LogP contribution in [0.2, 0.25) is 0 Å². The van der Waals surface area contributed by atoms with Crippen LogP contribution in [0.1, 0.15) is 28.8 Å². The third-order valence-corrected chi connectivity index (χ3v) is 1.91. The number of esters is 1. The molecule has 1 heterocycles. The zero-order valence-corrected chi connectivity index (χ0v) is 9.11. The Kier molecular flexibility index (Phi) is 3.68. The van der Waals surface area contributed by atoms with Crippen LogP contribution in [0.3, 0.4) is 0 Å². The van der Waals surface area contributed by atoms with Gasteiger partial charge >= 0.3 is 5.97 Å². The fourth-order valence-corrected chi connectivity index (χ4v) is 1.15. The van der Waals surface area contributed by atoms with Crippen LogP contribution in [0.5, 0.6) is 0 Å². The third kappa shape index (κ3) is 2.95. The largest absolute Gasteiger partial charge is 0.465 e. The van der Waals surface area contributed by atoms with Gasteiger partial charge < -0.3 is 14.9 Å². The van der Waals surface area contributed by atoms with Gasteiger partial charge in [-0.05, 0) is 26.0 Å². The molecule has 0 aromatic carbocycles. The molecule has 0 bridgehead atoms. The number of hydrogen-bond donors (Lipinski definition) is 1. The van der Waals surface area contributed by atoms with Gasteiger partial charge in [-0.1, -0.05) is 6.08 Å². The summed E-state index contributed by atoms with van der Waals surface area (Å²) < 4.78 is 9.95. The Morgan fingerprint density at radius 2 is 2.33 bits per heavy atom. The van der Waals surface area contributed by atoms with E-state index in [1.54, 1.807) is 25.1 Å². The van der Waals surface area contributed by atoms with Gasteiger partial charge in [-0.25, -0.2) is 4.79 Å². The zero-order valence-electron chi connectivity index (χ0n) is 9.11. The minimum Gasteiger partial charge on any atom is -0.465 e. The molecule has 0 saturated heterocycles. The number of carbonyl (C=O) groups is 1. The van der Waals surface area contributed by atoms with Gasteiger partial charge in [-0.2, -0.15) is 0 Å². The molecule has 4 nitrogen and oxygen atoms in total. The van der Waals surface area contributed by atoms with Gasteiger partial charge in [0.15, 0.2) is 0 Å². The maximum Gasteiger partial charge on any atom is 0.341 e. The summed E-state index contributed by atoms with van der Waals surface area (Å²) in [6.45, 7) is 3.57. The molecule has 0 saturated carbocycles. The van der Waals surface area contributed by atoms with E-state index < -0.39 is 5.97 Å². The molecule has 1 rings (SSSR count). The van der Waals surface area contributed by atoms with Crippen molar-refractivity contribution in [2.45, 2.75) is 19.9 Å². The van der Waals surface area contributed by atoms with Gasteiger partial charge in [0.2, 0.25) is 0 Å². The van der Waals surface area contributed by atoms with Crippen LogP contribution in [0.15, 0.2) is 16.6 Å². The highest BCUT2D eigenvalue weighted by molar-refractivity contribution is 5.90. The molecule has 82 valence electrons. The molecule has 0 fully saturated rings. The Morgan fingerprint density at radius 3 is 2.87 bits per heavy atom. The Balaban J connectivity index is 2.91. The topological polar surface area (TPSA) is 65.5 Å². The molecule has 15 heavy (non-hydrogen) atoms. The lowest BCUT2D eigenvalue weighted by molar-refractivity contribution is 0.0599. The van der Waals surface area contributed by atoms with Crippen molar-refractivity contribution in [3.63, 3.8) is 0 Å². The maximum atomic E-state index is 11.3. The minimum absolute atomic E-state index is 0.0445. The maximum absolute atomic E-state index is 11.3. The summed E-state index contributed by atoms with van der Waals surface area (Å²) in [5.74, 6) is 0.757. The first-order valence-electron chi connectivity index (χ1n) is 4.67.